The summed E-state index contributed by atoms with van der Waals surface area (Å²) in [4.78, 5) is 0. The minimum Gasteiger partial charge on any atom is -0.493 e. The van der Waals surface area contributed by atoms with Crippen LogP contribution in [0.1, 0.15) is 12.5 Å². The van der Waals surface area contributed by atoms with Gasteiger partial charge < -0.3 is 9.30 Å². The van der Waals surface area contributed by atoms with Crippen LogP contribution in [-0.4, -0.2) is 21.4 Å². The van der Waals surface area contributed by atoms with E-state index in [9.17, 15) is 0 Å². The molecule has 0 N–H and O–H groups in total. The van der Waals surface area contributed by atoms with E-state index < -0.39 is 0 Å². The average molecular weight is 215 g/mol. The Morgan fingerprint density at radius 1 is 1.44 bits per heavy atom. The van der Waals surface area contributed by atoms with Crippen LogP contribution in [0.2, 0.25) is 0 Å². The zero-order chi connectivity index (χ0) is 11.0. The predicted molar refractivity (Wildman–Crippen MR) is 60.3 cm³/mol. The van der Waals surface area contributed by atoms with Gasteiger partial charge in [-0.25, -0.2) is 0 Å². The predicted octanol–water partition coefficient (Wildman–Crippen LogP) is 1.90. The molecule has 0 saturated heterocycles. The van der Waals surface area contributed by atoms with Crippen molar-refractivity contribution >= 4 is 0 Å². The Bertz CT molecular complexity index is 519. The molecular weight excluding hydrogens is 202 g/mol. The lowest BCUT2D eigenvalue weighted by Crippen LogP contribution is -1.96. The normalized spacial score (nSPS) is 13.6. The van der Waals surface area contributed by atoms with Crippen molar-refractivity contribution in [1.29, 1.82) is 0 Å². The summed E-state index contributed by atoms with van der Waals surface area (Å²) in [5, 5.41) is 8.10. The maximum absolute atomic E-state index is 5.48. The smallest absolute Gasteiger partial charge is 0.163 e. The maximum Gasteiger partial charge on any atom is 0.163 e. The fraction of sp³-hybridized carbons (Fsp3) is 0.333. The van der Waals surface area contributed by atoms with Crippen LogP contribution >= 0.6 is 0 Å². The van der Waals surface area contributed by atoms with Crippen molar-refractivity contribution in [2.45, 2.75) is 19.9 Å². The Morgan fingerprint density at radius 3 is 3.25 bits per heavy atom. The van der Waals surface area contributed by atoms with E-state index in [2.05, 4.69) is 23.2 Å². The van der Waals surface area contributed by atoms with Gasteiger partial charge in [-0.05, 0) is 30.7 Å². The zero-order valence-corrected chi connectivity index (χ0v) is 9.18. The highest BCUT2D eigenvalue weighted by Gasteiger charge is 2.14. The Labute approximate surface area is 93.9 Å². The van der Waals surface area contributed by atoms with Crippen molar-refractivity contribution in [3.8, 4) is 17.1 Å². The lowest BCUT2D eigenvalue weighted by molar-refractivity contribution is 0.357. The molecule has 4 nitrogen and oxygen atoms in total. The first kappa shape index (κ1) is 9.39. The highest BCUT2D eigenvalue weighted by molar-refractivity contribution is 5.59. The van der Waals surface area contributed by atoms with Crippen molar-refractivity contribution < 1.29 is 4.74 Å². The van der Waals surface area contributed by atoms with Crippen molar-refractivity contribution in [2.75, 3.05) is 6.61 Å². The molecule has 0 fully saturated rings. The van der Waals surface area contributed by atoms with Crippen LogP contribution in [0.15, 0.2) is 24.5 Å². The summed E-state index contributed by atoms with van der Waals surface area (Å²) >= 11 is 0. The molecule has 16 heavy (non-hydrogen) atoms. The van der Waals surface area contributed by atoms with E-state index in [1.165, 1.54) is 5.56 Å². The Kier molecular flexibility index (Phi) is 2.13. The van der Waals surface area contributed by atoms with Gasteiger partial charge >= 0.3 is 0 Å². The van der Waals surface area contributed by atoms with E-state index in [0.29, 0.717) is 0 Å². The number of aryl methyl sites for hydroxylation is 1. The van der Waals surface area contributed by atoms with Gasteiger partial charge in [0, 0.05) is 18.5 Å². The van der Waals surface area contributed by atoms with E-state index in [4.69, 9.17) is 4.74 Å². The van der Waals surface area contributed by atoms with Crippen LogP contribution in [0.4, 0.5) is 0 Å². The molecule has 0 atom stereocenters. The molecule has 4 heteroatoms. The molecular formula is C12H13N3O. The van der Waals surface area contributed by atoms with Gasteiger partial charge in [-0.1, -0.05) is 0 Å². The minimum absolute atomic E-state index is 0.791. The second-order valence-electron chi connectivity index (χ2n) is 3.86. The van der Waals surface area contributed by atoms with Crippen molar-refractivity contribution in [3.63, 3.8) is 0 Å². The highest BCUT2D eigenvalue weighted by Crippen LogP contribution is 2.29. The molecule has 0 saturated carbocycles. The summed E-state index contributed by atoms with van der Waals surface area (Å²) in [5.74, 6) is 1.93. The number of aromatic nitrogens is 3. The summed E-state index contributed by atoms with van der Waals surface area (Å²) in [5.41, 5.74) is 2.38. The zero-order valence-electron chi connectivity index (χ0n) is 9.18. The maximum atomic E-state index is 5.48. The summed E-state index contributed by atoms with van der Waals surface area (Å²) in [6.45, 7) is 3.76. The molecule has 0 spiro atoms. The van der Waals surface area contributed by atoms with E-state index in [-0.39, 0.29) is 0 Å². The SMILES string of the molecule is CCn1cnnc1-c1ccc2c(c1)CCO2. The monoisotopic (exact) mass is 215 g/mol. The topological polar surface area (TPSA) is 39.9 Å². The van der Waals surface area contributed by atoms with Crippen molar-refractivity contribution in [1.82, 2.24) is 14.8 Å². The second-order valence-corrected chi connectivity index (χ2v) is 3.86. The fourth-order valence-corrected chi connectivity index (χ4v) is 2.04. The average Bonchev–Trinajstić information content (AvgIpc) is 2.96. The van der Waals surface area contributed by atoms with E-state index >= 15 is 0 Å². The van der Waals surface area contributed by atoms with Crippen LogP contribution in [0.3, 0.4) is 0 Å². The molecule has 1 aliphatic heterocycles. The first-order chi connectivity index (χ1) is 7.88. The third-order valence-electron chi connectivity index (χ3n) is 2.90. The quantitative estimate of drug-likeness (QED) is 0.768. The summed E-state index contributed by atoms with van der Waals surface area (Å²) in [6, 6.07) is 6.21. The molecule has 2 heterocycles. The molecule has 0 aliphatic carbocycles. The fourth-order valence-electron chi connectivity index (χ4n) is 2.04. The molecule has 0 unspecified atom stereocenters. The van der Waals surface area contributed by atoms with Gasteiger partial charge in [-0.2, -0.15) is 0 Å². The van der Waals surface area contributed by atoms with Gasteiger partial charge in [0.15, 0.2) is 5.82 Å². The lowest BCUT2D eigenvalue weighted by Gasteiger charge is -2.05. The van der Waals surface area contributed by atoms with Crippen LogP contribution in [0.25, 0.3) is 11.4 Å². The molecule has 82 valence electrons. The highest BCUT2D eigenvalue weighted by atomic mass is 16.5. The number of rotatable bonds is 2. The van der Waals surface area contributed by atoms with Gasteiger partial charge in [0.2, 0.25) is 0 Å². The van der Waals surface area contributed by atoms with Crippen LogP contribution < -0.4 is 4.74 Å². The molecule has 0 radical (unpaired) electrons. The summed E-state index contributed by atoms with van der Waals surface area (Å²) < 4.78 is 7.52. The van der Waals surface area contributed by atoms with E-state index in [0.717, 1.165) is 36.7 Å². The third kappa shape index (κ3) is 1.38. The minimum atomic E-state index is 0.791. The van der Waals surface area contributed by atoms with E-state index in [1.807, 2.05) is 16.7 Å². The van der Waals surface area contributed by atoms with Gasteiger partial charge in [0.25, 0.3) is 0 Å². The molecule has 3 rings (SSSR count). The van der Waals surface area contributed by atoms with Crippen molar-refractivity contribution in [3.05, 3.63) is 30.1 Å². The molecule has 1 aromatic carbocycles. The molecule has 0 amide bonds. The largest absolute Gasteiger partial charge is 0.493 e. The number of nitrogens with zero attached hydrogens (tertiary/aromatic N) is 3. The van der Waals surface area contributed by atoms with Crippen LogP contribution in [0.5, 0.6) is 5.75 Å². The molecule has 1 aliphatic rings. The second kappa shape index (κ2) is 3.63. The molecule has 1 aromatic heterocycles. The summed E-state index contributed by atoms with van der Waals surface area (Å²) in [7, 11) is 0. The molecule has 0 bridgehead atoms. The van der Waals surface area contributed by atoms with Crippen LogP contribution in [0, 0.1) is 0 Å². The number of ether oxygens (including phenoxy) is 1. The first-order valence-electron chi connectivity index (χ1n) is 5.52. The van der Waals surface area contributed by atoms with E-state index in [1.54, 1.807) is 6.33 Å². The number of hydrogen-bond donors (Lipinski definition) is 0. The van der Waals surface area contributed by atoms with Gasteiger partial charge in [0.05, 0.1) is 6.61 Å². The number of fused-ring (bicyclic) bond motifs is 1. The standard InChI is InChI=1S/C12H13N3O/c1-2-15-8-13-14-12(15)10-3-4-11-9(7-10)5-6-16-11/h3-4,7-8H,2,5-6H2,1H3. The number of hydrogen-bond acceptors (Lipinski definition) is 3. The van der Waals surface area contributed by atoms with Gasteiger partial charge in [0.1, 0.15) is 12.1 Å². The van der Waals surface area contributed by atoms with Crippen molar-refractivity contribution in [2.24, 2.45) is 0 Å². The lowest BCUT2D eigenvalue weighted by atomic mass is 10.1. The van der Waals surface area contributed by atoms with Gasteiger partial charge in [-0.15, -0.1) is 10.2 Å². The Hall–Kier alpha value is -1.84. The first-order valence-corrected chi connectivity index (χ1v) is 5.52. The Morgan fingerprint density at radius 2 is 2.38 bits per heavy atom. The third-order valence-corrected chi connectivity index (χ3v) is 2.90. The van der Waals surface area contributed by atoms with Crippen LogP contribution in [-0.2, 0) is 13.0 Å². The Balaban J connectivity index is 2.07. The molecule has 2 aromatic rings. The van der Waals surface area contributed by atoms with Gasteiger partial charge in [-0.3, -0.25) is 0 Å². The number of benzene rings is 1. The summed E-state index contributed by atoms with van der Waals surface area (Å²) in [6.07, 6.45) is 2.75.